The molecule has 2 amide bonds. The number of aromatic nitrogens is 2. The van der Waals surface area contributed by atoms with E-state index >= 15 is 0 Å². The highest BCUT2D eigenvalue weighted by atomic mass is 32.2. The van der Waals surface area contributed by atoms with E-state index in [1.807, 2.05) is 18.2 Å². The molecule has 1 aliphatic rings. The molecule has 10 heteroatoms. The smallest absolute Gasteiger partial charge is 0.408 e. The van der Waals surface area contributed by atoms with Crippen LogP contribution in [0.2, 0.25) is 0 Å². The van der Waals surface area contributed by atoms with Crippen molar-refractivity contribution >= 4 is 38.7 Å². The van der Waals surface area contributed by atoms with Crippen molar-refractivity contribution in [3.63, 3.8) is 0 Å². The van der Waals surface area contributed by atoms with Crippen molar-refractivity contribution in [2.24, 2.45) is 5.92 Å². The number of fused-ring (bicyclic) bond motifs is 1. The van der Waals surface area contributed by atoms with Crippen molar-refractivity contribution in [2.45, 2.75) is 50.2 Å². The van der Waals surface area contributed by atoms with Crippen LogP contribution in [0.1, 0.15) is 33.6 Å². The van der Waals surface area contributed by atoms with Gasteiger partial charge in [-0.2, -0.15) is 0 Å². The average Bonchev–Trinajstić information content (AvgIpc) is 3.64. The van der Waals surface area contributed by atoms with Crippen LogP contribution in [0, 0.1) is 5.92 Å². The van der Waals surface area contributed by atoms with E-state index in [0.717, 1.165) is 24.0 Å². The molecule has 1 unspecified atom stereocenters. The maximum Gasteiger partial charge on any atom is 0.408 e. The van der Waals surface area contributed by atoms with Gasteiger partial charge >= 0.3 is 6.09 Å². The second-order valence-electron chi connectivity index (χ2n) is 10.6. The lowest BCUT2D eigenvalue weighted by molar-refractivity contribution is -0.118. The van der Waals surface area contributed by atoms with Crippen LogP contribution in [0.15, 0.2) is 84.0 Å². The Kier molecular flexibility index (Phi) is 6.90. The van der Waals surface area contributed by atoms with Gasteiger partial charge in [-0.05, 0) is 87.1 Å². The summed E-state index contributed by atoms with van der Waals surface area (Å²) in [5.74, 6) is -0.219. The first-order chi connectivity index (χ1) is 18.5. The molecule has 202 valence electrons. The predicted octanol–water partition coefficient (Wildman–Crippen LogP) is 5.18. The molecule has 2 heterocycles. The van der Waals surface area contributed by atoms with Gasteiger partial charge in [0.25, 0.3) is 10.0 Å². The summed E-state index contributed by atoms with van der Waals surface area (Å²) in [5, 5.41) is 6.28. The first-order valence-corrected chi connectivity index (χ1v) is 14.1. The minimum atomic E-state index is -3.80. The Morgan fingerprint density at radius 2 is 1.69 bits per heavy atom. The fourth-order valence-electron chi connectivity index (χ4n) is 4.38. The summed E-state index contributed by atoms with van der Waals surface area (Å²) < 4.78 is 32.9. The third kappa shape index (κ3) is 5.80. The molecule has 1 fully saturated rings. The number of hydrogen-bond acceptors (Lipinski definition) is 6. The molecule has 5 rings (SSSR count). The van der Waals surface area contributed by atoms with Crippen molar-refractivity contribution in [3.8, 4) is 11.1 Å². The number of anilines is 1. The van der Waals surface area contributed by atoms with Crippen LogP contribution >= 0.6 is 0 Å². The van der Waals surface area contributed by atoms with E-state index in [4.69, 9.17) is 4.74 Å². The molecule has 0 radical (unpaired) electrons. The van der Waals surface area contributed by atoms with E-state index in [-0.39, 0.29) is 16.7 Å². The average molecular weight is 547 g/mol. The van der Waals surface area contributed by atoms with Gasteiger partial charge in [0.2, 0.25) is 5.91 Å². The van der Waals surface area contributed by atoms with Gasteiger partial charge in [0.15, 0.2) is 5.65 Å². The number of carbonyl (C=O) groups excluding carboxylic acids is 2. The molecular formula is C29H30N4O5S. The Balaban J connectivity index is 1.35. The number of pyridine rings is 1. The van der Waals surface area contributed by atoms with Gasteiger partial charge in [-0.15, -0.1) is 0 Å². The second kappa shape index (κ2) is 10.2. The van der Waals surface area contributed by atoms with Crippen molar-refractivity contribution in [1.82, 2.24) is 14.3 Å². The van der Waals surface area contributed by atoms with Gasteiger partial charge in [-0.3, -0.25) is 4.79 Å². The standard InChI is InChI=1S/C29H30N4O5S/c1-29(2,3)38-28(35)32-25(20-9-10-20)27(34)31-21-13-11-19(12-14-21)23-15-17-30-26-24(23)16-18-33(26)39(36,37)22-7-5-4-6-8-22/h4-8,11-18,20,25H,9-10H2,1-3H3,(H,31,34)(H,32,35). The summed E-state index contributed by atoms with van der Waals surface area (Å²) in [4.78, 5) is 29.8. The van der Waals surface area contributed by atoms with Crippen LogP contribution in [0.3, 0.4) is 0 Å². The van der Waals surface area contributed by atoms with Gasteiger partial charge in [-0.1, -0.05) is 30.3 Å². The Labute approximate surface area is 227 Å². The van der Waals surface area contributed by atoms with Crippen LogP contribution in [-0.4, -0.2) is 41.0 Å². The number of nitrogens with one attached hydrogen (secondary N) is 2. The fourth-order valence-corrected chi connectivity index (χ4v) is 5.70. The lowest BCUT2D eigenvalue weighted by atomic mass is 10.0. The number of hydrogen-bond donors (Lipinski definition) is 2. The molecule has 0 saturated heterocycles. The molecule has 1 atom stereocenters. The number of benzene rings is 2. The van der Waals surface area contributed by atoms with Crippen LogP contribution in [0.5, 0.6) is 0 Å². The molecule has 0 aliphatic heterocycles. The van der Waals surface area contributed by atoms with Gasteiger partial charge in [0, 0.05) is 23.5 Å². The molecule has 9 nitrogen and oxygen atoms in total. The zero-order valence-corrected chi connectivity index (χ0v) is 22.7. The van der Waals surface area contributed by atoms with Crippen molar-refractivity contribution in [3.05, 3.63) is 79.1 Å². The van der Waals surface area contributed by atoms with Crippen LogP contribution in [0.4, 0.5) is 10.5 Å². The molecule has 1 saturated carbocycles. The Morgan fingerprint density at radius 3 is 2.33 bits per heavy atom. The summed E-state index contributed by atoms with van der Waals surface area (Å²) in [6.07, 6.45) is 4.20. The van der Waals surface area contributed by atoms with Gasteiger partial charge < -0.3 is 15.4 Å². The van der Waals surface area contributed by atoms with E-state index in [0.29, 0.717) is 16.7 Å². The second-order valence-corrected chi connectivity index (χ2v) is 12.4. The Hall–Kier alpha value is -4.18. The van der Waals surface area contributed by atoms with E-state index in [9.17, 15) is 18.0 Å². The van der Waals surface area contributed by atoms with Gasteiger partial charge in [0.05, 0.1) is 4.90 Å². The molecule has 1 aliphatic carbocycles. The molecule has 2 N–H and O–H groups in total. The zero-order chi connectivity index (χ0) is 27.8. The lowest BCUT2D eigenvalue weighted by Crippen LogP contribution is -2.47. The van der Waals surface area contributed by atoms with E-state index in [1.54, 1.807) is 75.5 Å². The highest BCUT2D eigenvalue weighted by Gasteiger charge is 2.38. The van der Waals surface area contributed by atoms with Gasteiger partial charge in [-0.25, -0.2) is 22.2 Å². The third-order valence-corrected chi connectivity index (χ3v) is 8.05. The maximum atomic E-state index is 13.2. The normalized spacial score (nSPS) is 14.5. The van der Waals surface area contributed by atoms with Crippen LogP contribution in [0.25, 0.3) is 22.2 Å². The highest BCUT2D eigenvalue weighted by Crippen LogP contribution is 2.34. The van der Waals surface area contributed by atoms with Gasteiger partial charge in [0.1, 0.15) is 11.6 Å². The van der Waals surface area contributed by atoms with Crippen molar-refractivity contribution in [2.75, 3.05) is 5.32 Å². The minimum absolute atomic E-state index is 0.0816. The van der Waals surface area contributed by atoms with E-state index in [2.05, 4.69) is 15.6 Å². The number of carbonyl (C=O) groups is 2. The SMILES string of the molecule is CC(C)(C)OC(=O)NC(C(=O)Nc1ccc(-c2ccnc3c2ccn3S(=O)(=O)c2ccccc2)cc1)C1CC1. The zero-order valence-electron chi connectivity index (χ0n) is 21.9. The third-order valence-electron chi connectivity index (χ3n) is 6.37. The van der Waals surface area contributed by atoms with Crippen molar-refractivity contribution < 1.29 is 22.7 Å². The van der Waals surface area contributed by atoms with Crippen LogP contribution < -0.4 is 10.6 Å². The largest absolute Gasteiger partial charge is 0.444 e. The van der Waals surface area contributed by atoms with Crippen molar-refractivity contribution in [1.29, 1.82) is 0 Å². The summed E-state index contributed by atoms with van der Waals surface area (Å²) in [7, 11) is -3.80. The number of rotatable bonds is 7. The maximum absolute atomic E-state index is 13.2. The van der Waals surface area contributed by atoms with Crippen LogP contribution in [-0.2, 0) is 19.6 Å². The summed E-state index contributed by atoms with van der Waals surface area (Å²) >= 11 is 0. The number of alkyl carbamates (subject to hydrolysis) is 1. The predicted molar refractivity (Wildman–Crippen MR) is 149 cm³/mol. The quantitative estimate of drug-likeness (QED) is 0.330. The first kappa shape index (κ1) is 26.4. The van der Waals surface area contributed by atoms with E-state index < -0.39 is 27.8 Å². The number of amides is 2. The Morgan fingerprint density at radius 1 is 1.00 bits per heavy atom. The molecule has 2 aromatic carbocycles. The summed E-state index contributed by atoms with van der Waals surface area (Å²) in [6, 6.07) is 18.3. The van der Waals surface area contributed by atoms with E-state index in [1.165, 1.54) is 10.2 Å². The number of nitrogens with zero attached hydrogens (tertiary/aromatic N) is 2. The number of ether oxygens (including phenoxy) is 1. The first-order valence-electron chi connectivity index (χ1n) is 12.7. The lowest BCUT2D eigenvalue weighted by Gasteiger charge is -2.23. The highest BCUT2D eigenvalue weighted by molar-refractivity contribution is 7.90. The monoisotopic (exact) mass is 546 g/mol. The molecule has 0 spiro atoms. The molecule has 4 aromatic rings. The molecule has 2 aromatic heterocycles. The fraction of sp³-hybridized carbons (Fsp3) is 0.276. The minimum Gasteiger partial charge on any atom is -0.444 e. The Bertz CT molecular complexity index is 1620. The summed E-state index contributed by atoms with van der Waals surface area (Å²) in [5.41, 5.74) is 1.89. The molecule has 39 heavy (non-hydrogen) atoms. The summed E-state index contributed by atoms with van der Waals surface area (Å²) in [6.45, 7) is 5.32. The molecular weight excluding hydrogens is 516 g/mol. The molecule has 0 bridgehead atoms. The topological polar surface area (TPSA) is 119 Å².